The lowest BCUT2D eigenvalue weighted by atomic mass is 9.90. The Balaban J connectivity index is 0.00000162. The van der Waals surface area contributed by atoms with E-state index in [4.69, 9.17) is 0 Å². The van der Waals surface area contributed by atoms with Gasteiger partial charge in [-0.15, -0.1) is 12.4 Å². The standard InChI is InChI=1S/C13H18N2O2.ClH/c1-13(7-2-3-8-14-13)12(17)15-10-5-4-6-11(16)9-10;/h4-6,9,14,16H,2-3,7-8H2,1H3,(H,15,17);1H. The van der Waals surface area contributed by atoms with Gasteiger partial charge in [0.1, 0.15) is 5.75 Å². The molecule has 4 nitrogen and oxygen atoms in total. The third-order valence-corrected chi connectivity index (χ3v) is 3.22. The van der Waals surface area contributed by atoms with E-state index >= 15 is 0 Å². The SMILES string of the molecule is CC1(C(=O)Nc2cccc(O)c2)CCCCN1.Cl. The molecule has 1 amide bonds. The number of anilines is 1. The van der Waals surface area contributed by atoms with E-state index in [9.17, 15) is 9.90 Å². The molecule has 1 saturated heterocycles. The summed E-state index contributed by atoms with van der Waals surface area (Å²) in [6, 6.07) is 6.60. The van der Waals surface area contributed by atoms with Gasteiger partial charge in [-0.05, 0) is 44.9 Å². The maximum atomic E-state index is 12.1. The maximum absolute atomic E-state index is 12.1. The second-order valence-corrected chi connectivity index (χ2v) is 4.72. The topological polar surface area (TPSA) is 61.4 Å². The summed E-state index contributed by atoms with van der Waals surface area (Å²) >= 11 is 0. The highest BCUT2D eigenvalue weighted by Crippen LogP contribution is 2.22. The first-order valence-electron chi connectivity index (χ1n) is 5.96. The van der Waals surface area contributed by atoms with Crippen molar-refractivity contribution in [1.29, 1.82) is 0 Å². The number of hydrogen-bond acceptors (Lipinski definition) is 3. The number of carbonyl (C=O) groups is 1. The molecule has 1 unspecified atom stereocenters. The molecule has 0 saturated carbocycles. The summed E-state index contributed by atoms with van der Waals surface area (Å²) in [6.07, 6.45) is 3.03. The van der Waals surface area contributed by atoms with E-state index in [0.717, 1.165) is 25.8 Å². The van der Waals surface area contributed by atoms with Crippen LogP contribution in [0.15, 0.2) is 24.3 Å². The van der Waals surface area contributed by atoms with Crippen LogP contribution in [0, 0.1) is 0 Å². The average Bonchev–Trinajstić information content (AvgIpc) is 2.30. The van der Waals surface area contributed by atoms with Gasteiger partial charge in [0.15, 0.2) is 0 Å². The molecule has 0 aromatic heterocycles. The Bertz CT molecular complexity index is 417. The molecule has 3 N–H and O–H groups in total. The molecule has 2 rings (SSSR count). The summed E-state index contributed by atoms with van der Waals surface area (Å²) in [4.78, 5) is 12.1. The molecule has 1 heterocycles. The third-order valence-electron chi connectivity index (χ3n) is 3.22. The number of nitrogens with one attached hydrogen (secondary N) is 2. The van der Waals surface area contributed by atoms with Crippen molar-refractivity contribution in [3.63, 3.8) is 0 Å². The Morgan fingerprint density at radius 1 is 1.44 bits per heavy atom. The molecule has 1 aromatic rings. The van der Waals surface area contributed by atoms with E-state index in [-0.39, 0.29) is 24.1 Å². The van der Waals surface area contributed by atoms with Crippen LogP contribution in [0.5, 0.6) is 5.75 Å². The number of benzene rings is 1. The molecule has 0 bridgehead atoms. The van der Waals surface area contributed by atoms with Gasteiger partial charge in [-0.2, -0.15) is 0 Å². The monoisotopic (exact) mass is 270 g/mol. The lowest BCUT2D eigenvalue weighted by Crippen LogP contribution is -2.54. The van der Waals surface area contributed by atoms with Gasteiger partial charge in [0.05, 0.1) is 5.54 Å². The Labute approximate surface area is 113 Å². The number of halogens is 1. The highest BCUT2D eigenvalue weighted by atomic mass is 35.5. The van der Waals surface area contributed by atoms with E-state index in [1.165, 1.54) is 0 Å². The quantitative estimate of drug-likeness (QED) is 0.773. The molecule has 100 valence electrons. The number of amides is 1. The molecular formula is C13H19ClN2O2. The molecule has 0 spiro atoms. The molecule has 1 aromatic carbocycles. The Hall–Kier alpha value is -1.26. The van der Waals surface area contributed by atoms with Gasteiger partial charge in [-0.25, -0.2) is 0 Å². The Morgan fingerprint density at radius 3 is 2.83 bits per heavy atom. The maximum Gasteiger partial charge on any atom is 0.244 e. The van der Waals surface area contributed by atoms with Crippen molar-refractivity contribution < 1.29 is 9.90 Å². The first kappa shape index (κ1) is 14.8. The van der Waals surface area contributed by atoms with E-state index in [0.29, 0.717) is 5.69 Å². The smallest absolute Gasteiger partial charge is 0.244 e. The summed E-state index contributed by atoms with van der Waals surface area (Å²) in [5.74, 6) is 0.118. The second kappa shape index (κ2) is 6.07. The Morgan fingerprint density at radius 2 is 2.22 bits per heavy atom. The van der Waals surface area contributed by atoms with Gasteiger partial charge in [0, 0.05) is 11.8 Å². The molecular weight excluding hydrogens is 252 g/mol. The number of aromatic hydroxyl groups is 1. The fourth-order valence-corrected chi connectivity index (χ4v) is 2.10. The number of rotatable bonds is 2. The molecule has 0 radical (unpaired) electrons. The van der Waals surface area contributed by atoms with Crippen LogP contribution in [0.1, 0.15) is 26.2 Å². The largest absolute Gasteiger partial charge is 0.508 e. The minimum atomic E-state index is -0.496. The van der Waals surface area contributed by atoms with Crippen LogP contribution in [0.3, 0.4) is 0 Å². The number of phenolic OH excluding ortho intramolecular Hbond substituents is 1. The second-order valence-electron chi connectivity index (χ2n) is 4.72. The van der Waals surface area contributed by atoms with Crippen LogP contribution >= 0.6 is 12.4 Å². The zero-order valence-corrected chi connectivity index (χ0v) is 11.2. The summed E-state index contributed by atoms with van der Waals surface area (Å²) in [6.45, 7) is 2.80. The zero-order chi connectivity index (χ0) is 12.3. The van der Waals surface area contributed by atoms with Crippen LogP contribution in [0.2, 0.25) is 0 Å². The molecule has 1 atom stereocenters. The number of piperidine rings is 1. The van der Waals surface area contributed by atoms with Gasteiger partial charge in [0.25, 0.3) is 0 Å². The van der Waals surface area contributed by atoms with E-state index in [1.54, 1.807) is 24.3 Å². The average molecular weight is 271 g/mol. The van der Waals surface area contributed by atoms with Gasteiger partial charge < -0.3 is 15.7 Å². The molecule has 1 aliphatic rings. The summed E-state index contributed by atoms with van der Waals surface area (Å²) in [5.41, 5.74) is 0.132. The minimum Gasteiger partial charge on any atom is -0.508 e. The predicted molar refractivity (Wildman–Crippen MR) is 74.2 cm³/mol. The highest BCUT2D eigenvalue weighted by molar-refractivity contribution is 5.98. The summed E-state index contributed by atoms with van der Waals surface area (Å²) < 4.78 is 0. The zero-order valence-electron chi connectivity index (χ0n) is 10.4. The number of hydrogen-bond donors (Lipinski definition) is 3. The molecule has 1 aliphatic heterocycles. The van der Waals surface area contributed by atoms with Crippen LogP contribution in [0.25, 0.3) is 0 Å². The molecule has 0 aliphatic carbocycles. The molecule has 18 heavy (non-hydrogen) atoms. The lowest BCUT2D eigenvalue weighted by molar-refractivity contribution is -0.122. The van der Waals surface area contributed by atoms with Crippen molar-refractivity contribution in [3.8, 4) is 5.75 Å². The summed E-state index contributed by atoms with van der Waals surface area (Å²) in [5, 5.41) is 15.4. The van der Waals surface area contributed by atoms with Crippen molar-refractivity contribution in [3.05, 3.63) is 24.3 Å². The number of carbonyl (C=O) groups excluding carboxylic acids is 1. The fraction of sp³-hybridized carbons (Fsp3) is 0.462. The normalized spacial score (nSPS) is 22.9. The summed E-state index contributed by atoms with van der Waals surface area (Å²) in [7, 11) is 0. The van der Waals surface area contributed by atoms with Crippen molar-refractivity contribution in [1.82, 2.24) is 5.32 Å². The number of phenols is 1. The van der Waals surface area contributed by atoms with E-state index in [2.05, 4.69) is 10.6 Å². The lowest BCUT2D eigenvalue weighted by Gasteiger charge is -2.33. The van der Waals surface area contributed by atoms with Crippen molar-refractivity contribution in [2.24, 2.45) is 0 Å². The first-order chi connectivity index (χ1) is 8.10. The van der Waals surface area contributed by atoms with E-state index in [1.807, 2.05) is 6.92 Å². The molecule has 5 heteroatoms. The van der Waals surface area contributed by atoms with Crippen LogP contribution in [-0.4, -0.2) is 23.1 Å². The Kier molecular flexibility index (Phi) is 4.99. The van der Waals surface area contributed by atoms with Crippen molar-refractivity contribution in [2.45, 2.75) is 31.7 Å². The van der Waals surface area contributed by atoms with Gasteiger partial charge in [-0.1, -0.05) is 6.07 Å². The highest BCUT2D eigenvalue weighted by Gasteiger charge is 2.34. The minimum absolute atomic E-state index is 0. The third kappa shape index (κ3) is 3.37. The fourth-order valence-electron chi connectivity index (χ4n) is 2.10. The van der Waals surface area contributed by atoms with Gasteiger partial charge >= 0.3 is 0 Å². The van der Waals surface area contributed by atoms with Crippen molar-refractivity contribution >= 4 is 24.0 Å². The van der Waals surface area contributed by atoms with E-state index < -0.39 is 5.54 Å². The van der Waals surface area contributed by atoms with Gasteiger partial charge in [0.2, 0.25) is 5.91 Å². The first-order valence-corrected chi connectivity index (χ1v) is 5.96. The van der Waals surface area contributed by atoms with Crippen LogP contribution in [0.4, 0.5) is 5.69 Å². The van der Waals surface area contributed by atoms with Crippen LogP contribution in [-0.2, 0) is 4.79 Å². The molecule has 1 fully saturated rings. The van der Waals surface area contributed by atoms with Crippen molar-refractivity contribution in [2.75, 3.05) is 11.9 Å². The van der Waals surface area contributed by atoms with Crippen LogP contribution < -0.4 is 10.6 Å². The van der Waals surface area contributed by atoms with Gasteiger partial charge in [-0.3, -0.25) is 4.79 Å². The predicted octanol–water partition coefficient (Wildman–Crippen LogP) is 2.28.